The molecule has 0 aliphatic heterocycles. The zero-order valence-electron chi connectivity index (χ0n) is 18.3. The van der Waals surface area contributed by atoms with Gasteiger partial charge in [0, 0.05) is 29.4 Å². The minimum atomic E-state index is -4.41. The number of aryl methyl sites for hydroxylation is 1. The number of pyridine rings is 1. The Morgan fingerprint density at radius 1 is 1.00 bits per heavy atom. The molecule has 0 saturated heterocycles. The third-order valence-electron chi connectivity index (χ3n) is 5.44. The Labute approximate surface area is 202 Å². The highest BCUT2D eigenvalue weighted by atomic mass is 32.1. The number of carbonyl (C=O) groups is 1. The van der Waals surface area contributed by atoms with Crippen molar-refractivity contribution in [2.75, 3.05) is 5.32 Å². The summed E-state index contributed by atoms with van der Waals surface area (Å²) in [5.74, 6) is 0.425. The number of halogens is 3. The molecule has 0 aliphatic rings. The summed E-state index contributed by atoms with van der Waals surface area (Å²) in [7, 11) is 0. The van der Waals surface area contributed by atoms with Crippen LogP contribution < -0.4 is 5.32 Å². The van der Waals surface area contributed by atoms with Gasteiger partial charge in [0.05, 0.1) is 21.5 Å². The van der Waals surface area contributed by atoms with Gasteiger partial charge in [-0.15, -0.1) is 11.3 Å². The van der Waals surface area contributed by atoms with Crippen LogP contribution in [0.1, 0.15) is 17.5 Å². The van der Waals surface area contributed by atoms with E-state index in [1.165, 1.54) is 17.4 Å². The first-order valence-electron chi connectivity index (χ1n) is 10.8. The van der Waals surface area contributed by atoms with Crippen LogP contribution in [-0.4, -0.2) is 20.9 Å². The molecule has 0 saturated carbocycles. The van der Waals surface area contributed by atoms with E-state index in [4.69, 9.17) is 0 Å². The lowest BCUT2D eigenvalue weighted by molar-refractivity contribution is -0.137. The molecule has 5 nitrogen and oxygen atoms in total. The monoisotopic (exact) mass is 492 g/mol. The average molecular weight is 493 g/mol. The molecule has 2 aromatic carbocycles. The van der Waals surface area contributed by atoms with Gasteiger partial charge in [0.25, 0.3) is 0 Å². The lowest BCUT2D eigenvalue weighted by atomic mass is 10.1. The summed E-state index contributed by atoms with van der Waals surface area (Å²) >= 11 is 1.46. The van der Waals surface area contributed by atoms with Crippen LogP contribution in [0, 0.1) is 0 Å². The van der Waals surface area contributed by atoms with E-state index in [2.05, 4.69) is 20.3 Å². The van der Waals surface area contributed by atoms with Crippen LogP contribution in [0.3, 0.4) is 0 Å². The van der Waals surface area contributed by atoms with Crippen molar-refractivity contribution < 1.29 is 18.0 Å². The van der Waals surface area contributed by atoms with E-state index in [-0.39, 0.29) is 5.91 Å². The number of aromatic amines is 1. The van der Waals surface area contributed by atoms with Crippen LogP contribution in [0.2, 0.25) is 0 Å². The molecule has 0 spiro atoms. The summed E-state index contributed by atoms with van der Waals surface area (Å²) in [6.07, 6.45) is -0.00594. The highest BCUT2D eigenvalue weighted by Crippen LogP contribution is 2.36. The number of fused-ring (bicyclic) bond motifs is 1. The second-order valence-electron chi connectivity index (χ2n) is 7.97. The largest absolute Gasteiger partial charge is 0.416 e. The van der Waals surface area contributed by atoms with E-state index in [1.54, 1.807) is 12.4 Å². The molecule has 0 unspecified atom stereocenters. The number of aromatic nitrogens is 3. The third kappa shape index (κ3) is 5.25. The number of rotatable bonds is 6. The lowest BCUT2D eigenvalue weighted by Gasteiger charge is -2.07. The Kier molecular flexibility index (Phi) is 6.08. The van der Waals surface area contributed by atoms with Gasteiger partial charge >= 0.3 is 6.18 Å². The van der Waals surface area contributed by atoms with Crippen LogP contribution in [0.5, 0.6) is 0 Å². The fourth-order valence-corrected chi connectivity index (χ4v) is 4.65. The molecule has 9 heteroatoms. The summed E-state index contributed by atoms with van der Waals surface area (Å²) in [4.78, 5) is 25.6. The van der Waals surface area contributed by atoms with Crippen molar-refractivity contribution in [1.82, 2.24) is 15.0 Å². The molecule has 3 heterocycles. The summed E-state index contributed by atoms with van der Waals surface area (Å²) in [6, 6.07) is 18.6. The topological polar surface area (TPSA) is 70.7 Å². The minimum absolute atomic E-state index is 0.0848. The van der Waals surface area contributed by atoms with Crippen molar-refractivity contribution in [2.45, 2.75) is 19.0 Å². The van der Waals surface area contributed by atoms with Gasteiger partial charge in [-0.25, -0.2) is 4.98 Å². The van der Waals surface area contributed by atoms with Crippen molar-refractivity contribution in [1.29, 1.82) is 0 Å². The maximum absolute atomic E-state index is 13.0. The quantitative estimate of drug-likeness (QED) is 0.270. The number of nitrogens with one attached hydrogen (secondary N) is 2. The number of hydrogen-bond acceptors (Lipinski definition) is 4. The number of thiophene rings is 1. The van der Waals surface area contributed by atoms with Gasteiger partial charge in [-0.1, -0.05) is 18.2 Å². The molecule has 2 N–H and O–H groups in total. The number of nitrogens with zero attached hydrogens (tertiary/aromatic N) is 2. The third-order valence-corrected chi connectivity index (χ3v) is 6.58. The first-order valence-corrected chi connectivity index (χ1v) is 11.6. The predicted molar refractivity (Wildman–Crippen MR) is 131 cm³/mol. The molecule has 5 rings (SSSR count). The maximum atomic E-state index is 13.0. The number of imidazole rings is 1. The van der Waals surface area contributed by atoms with Gasteiger partial charge in [0.1, 0.15) is 5.82 Å². The first-order chi connectivity index (χ1) is 16.8. The van der Waals surface area contributed by atoms with Crippen LogP contribution in [0.25, 0.3) is 32.2 Å². The molecular formula is C26H19F3N4OS. The molecule has 0 bridgehead atoms. The predicted octanol–water partition coefficient (Wildman–Crippen LogP) is 6.94. The normalized spacial score (nSPS) is 11.6. The van der Waals surface area contributed by atoms with Crippen molar-refractivity contribution in [3.8, 4) is 21.1 Å². The van der Waals surface area contributed by atoms with E-state index in [0.717, 1.165) is 33.0 Å². The van der Waals surface area contributed by atoms with Gasteiger partial charge in [-0.2, -0.15) is 13.2 Å². The van der Waals surface area contributed by atoms with Gasteiger partial charge < -0.3 is 10.3 Å². The SMILES string of the molecule is O=C(CCc1cccnc1)Nc1cccc(-c2ccc(-c3nc4ccc(C(F)(F)F)cc4[nH]3)s2)c1. The van der Waals surface area contributed by atoms with Gasteiger partial charge in [-0.05, 0) is 66.1 Å². The first kappa shape index (κ1) is 22.8. The van der Waals surface area contributed by atoms with Gasteiger partial charge in [-0.3, -0.25) is 9.78 Å². The lowest BCUT2D eigenvalue weighted by Crippen LogP contribution is -2.12. The van der Waals surface area contributed by atoms with E-state index in [9.17, 15) is 18.0 Å². The summed E-state index contributed by atoms with van der Waals surface area (Å²) < 4.78 is 39.0. The van der Waals surface area contributed by atoms with Gasteiger partial charge in [0.2, 0.25) is 5.91 Å². The van der Waals surface area contributed by atoms with Crippen molar-refractivity contribution >= 4 is 34.0 Å². The van der Waals surface area contributed by atoms with E-state index < -0.39 is 11.7 Å². The van der Waals surface area contributed by atoms with Crippen molar-refractivity contribution in [3.05, 3.63) is 90.3 Å². The molecule has 35 heavy (non-hydrogen) atoms. The Morgan fingerprint density at radius 2 is 1.86 bits per heavy atom. The number of anilines is 1. The molecule has 176 valence electrons. The zero-order valence-corrected chi connectivity index (χ0v) is 19.1. The van der Waals surface area contributed by atoms with Gasteiger partial charge in [0.15, 0.2) is 0 Å². The number of alkyl halides is 3. The Balaban J connectivity index is 1.30. The number of H-pyrrole nitrogens is 1. The van der Waals surface area contributed by atoms with Crippen molar-refractivity contribution in [3.63, 3.8) is 0 Å². The number of carbonyl (C=O) groups excluding carboxylic acids is 1. The Bertz CT molecular complexity index is 1490. The molecule has 3 aromatic heterocycles. The van der Waals surface area contributed by atoms with E-state index in [1.807, 2.05) is 48.5 Å². The van der Waals surface area contributed by atoms with E-state index >= 15 is 0 Å². The number of benzene rings is 2. The second-order valence-corrected chi connectivity index (χ2v) is 9.05. The minimum Gasteiger partial charge on any atom is -0.337 e. The molecule has 1 amide bonds. The average Bonchev–Trinajstić information content (AvgIpc) is 3.50. The Hall–Kier alpha value is -3.98. The number of amides is 1. The molecule has 5 aromatic rings. The van der Waals surface area contributed by atoms with Crippen molar-refractivity contribution in [2.24, 2.45) is 0 Å². The van der Waals surface area contributed by atoms with Crippen LogP contribution in [-0.2, 0) is 17.4 Å². The maximum Gasteiger partial charge on any atom is 0.416 e. The molecule has 0 atom stereocenters. The fraction of sp³-hybridized carbons (Fsp3) is 0.115. The Morgan fingerprint density at radius 3 is 2.66 bits per heavy atom. The highest BCUT2D eigenvalue weighted by molar-refractivity contribution is 7.18. The summed E-state index contributed by atoms with van der Waals surface area (Å²) in [6.45, 7) is 0. The zero-order chi connectivity index (χ0) is 24.4. The molecule has 0 aliphatic carbocycles. The standard InChI is InChI=1S/C26H19F3N4OS/c27-26(28,29)18-7-8-20-21(14-18)33-25(32-20)23-10-9-22(35-23)17-4-1-5-19(13-17)31-24(34)11-6-16-3-2-12-30-15-16/h1-5,7-10,12-15H,6,11H2,(H,31,34)(H,32,33). The van der Waals surface area contributed by atoms with Crippen LogP contribution >= 0.6 is 11.3 Å². The molecular weight excluding hydrogens is 473 g/mol. The molecule has 0 radical (unpaired) electrons. The fourth-order valence-electron chi connectivity index (χ4n) is 3.70. The second kappa shape index (κ2) is 9.34. The number of hydrogen-bond donors (Lipinski definition) is 2. The molecule has 0 fully saturated rings. The highest BCUT2D eigenvalue weighted by Gasteiger charge is 2.30. The summed E-state index contributed by atoms with van der Waals surface area (Å²) in [5.41, 5.74) is 2.70. The van der Waals surface area contributed by atoms with Crippen LogP contribution in [0.4, 0.5) is 18.9 Å². The summed E-state index contributed by atoms with van der Waals surface area (Å²) in [5, 5.41) is 2.93. The smallest absolute Gasteiger partial charge is 0.337 e. The van der Waals surface area contributed by atoms with Crippen LogP contribution in [0.15, 0.2) is 79.1 Å². The van der Waals surface area contributed by atoms with E-state index in [0.29, 0.717) is 35.4 Å².